The summed E-state index contributed by atoms with van der Waals surface area (Å²) in [6, 6.07) is 0. The molecule has 5 nitrogen and oxygen atoms in total. The van der Waals surface area contributed by atoms with E-state index in [1.165, 1.54) is 0 Å². The summed E-state index contributed by atoms with van der Waals surface area (Å²) in [7, 11) is -3.35. The van der Waals surface area contributed by atoms with Crippen LogP contribution in [-0.2, 0) is 10.2 Å². The third kappa shape index (κ3) is 4.21. The normalized spacial score (nSPS) is 25.6. The fraction of sp³-hybridized carbons (Fsp3) is 1.00. The molecule has 1 aliphatic heterocycles. The van der Waals surface area contributed by atoms with Gasteiger partial charge in [0.05, 0.1) is 0 Å². The van der Waals surface area contributed by atoms with Crippen LogP contribution in [-0.4, -0.2) is 44.4 Å². The molecular formula is C11H25N3O2S. The van der Waals surface area contributed by atoms with Crippen LogP contribution >= 0.6 is 0 Å². The Balaban J connectivity index is 2.70. The summed E-state index contributed by atoms with van der Waals surface area (Å²) < 4.78 is 28.9. The van der Waals surface area contributed by atoms with Crippen LogP contribution in [0.2, 0.25) is 0 Å². The largest absolute Gasteiger partial charge is 0.315 e. The van der Waals surface area contributed by atoms with Gasteiger partial charge in [0.1, 0.15) is 0 Å². The number of nitrogens with one attached hydrogen (secondary N) is 2. The van der Waals surface area contributed by atoms with Gasteiger partial charge in [0.25, 0.3) is 10.2 Å². The predicted octanol–water partition coefficient (Wildman–Crippen LogP) is 0.695. The summed E-state index contributed by atoms with van der Waals surface area (Å²) in [5, 5.41) is 3.19. The molecule has 17 heavy (non-hydrogen) atoms. The Morgan fingerprint density at radius 2 is 1.88 bits per heavy atom. The Morgan fingerprint density at radius 1 is 1.29 bits per heavy atom. The molecule has 1 rings (SSSR count). The van der Waals surface area contributed by atoms with Gasteiger partial charge < -0.3 is 5.32 Å². The Bertz CT molecular complexity index is 318. The molecule has 1 heterocycles. The number of hydrogen-bond donors (Lipinski definition) is 2. The monoisotopic (exact) mass is 263 g/mol. The summed E-state index contributed by atoms with van der Waals surface area (Å²) in [6.07, 6.45) is 2.53. The molecule has 102 valence electrons. The van der Waals surface area contributed by atoms with Gasteiger partial charge in [-0.15, -0.1) is 0 Å². The van der Waals surface area contributed by atoms with Crippen molar-refractivity contribution in [2.24, 2.45) is 0 Å². The summed E-state index contributed by atoms with van der Waals surface area (Å²) in [4.78, 5) is 0. The van der Waals surface area contributed by atoms with Crippen molar-refractivity contribution in [3.63, 3.8) is 0 Å². The van der Waals surface area contributed by atoms with Gasteiger partial charge in [0.15, 0.2) is 0 Å². The van der Waals surface area contributed by atoms with E-state index in [4.69, 9.17) is 0 Å². The third-order valence-electron chi connectivity index (χ3n) is 3.03. The van der Waals surface area contributed by atoms with E-state index in [2.05, 4.69) is 10.0 Å². The molecule has 1 unspecified atom stereocenters. The zero-order chi connectivity index (χ0) is 12.9. The van der Waals surface area contributed by atoms with Crippen molar-refractivity contribution >= 4 is 10.2 Å². The van der Waals surface area contributed by atoms with Crippen LogP contribution in [0.25, 0.3) is 0 Å². The van der Waals surface area contributed by atoms with Crippen molar-refractivity contribution in [1.82, 2.24) is 14.3 Å². The molecule has 0 aromatic carbocycles. The lowest BCUT2D eigenvalue weighted by atomic mass is 10.0. The van der Waals surface area contributed by atoms with Crippen molar-refractivity contribution in [2.45, 2.75) is 45.6 Å². The molecule has 0 amide bonds. The van der Waals surface area contributed by atoms with Crippen LogP contribution in [0.3, 0.4) is 0 Å². The van der Waals surface area contributed by atoms with E-state index in [-0.39, 0.29) is 5.54 Å². The van der Waals surface area contributed by atoms with E-state index >= 15 is 0 Å². The second-order valence-electron chi connectivity index (χ2n) is 4.99. The van der Waals surface area contributed by atoms with Crippen LogP contribution < -0.4 is 10.0 Å². The Hall–Kier alpha value is -0.170. The van der Waals surface area contributed by atoms with E-state index in [1.807, 2.05) is 20.8 Å². The Kier molecular flexibility index (Phi) is 5.37. The Morgan fingerprint density at radius 3 is 2.29 bits per heavy atom. The SMILES string of the molecule is CCCN(CCC)S(=O)(=O)NC1(C)CCNC1. The van der Waals surface area contributed by atoms with Crippen molar-refractivity contribution in [2.75, 3.05) is 26.2 Å². The van der Waals surface area contributed by atoms with E-state index in [1.54, 1.807) is 4.31 Å². The first kappa shape index (κ1) is 14.9. The van der Waals surface area contributed by atoms with Crippen molar-refractivity contribution in [3.05, 3.63) is 0 Å². The van der Waals surface area contributed by atoms with Gasteiger partial charge in [0.2, 0.25) is 0 Å². The first-order chi connectivity index (χ1) is 7.93. The minimum Gasteiger partial charge on any atom is -0.315 e. The zero-order valence-electron chi connectivity index (χ0n) is 11.1. The minimum absolute atomic E-state index is 0.335. The van der Waals surface area contributed by atoms with Gasteiger partial charge in [-0.25, -0.2) is 0 Å². The highest BCUT2D eigenvalue weighted by atomic mass is 32.2. The average molecular weight is 263 g/mol. The molecular weight excluding hydrogens is 238 g/mol. The molecule has 0 aliphatic carbocycles. The van der Waals surface area contributed by atoms with Crippen molar-refractivity contribution in [1.29, 1.82) is 0 Å². The standard InChI is InChI=1S/C11H25N3O2S/c1-4-8-14(9-5-2)17(15,16)13-11(3)6-7-12-10-11/h12-13H,4-10H2,1-3H3. The lowest BCUT2D eigenvalue weighted by Crippen LogP contribution is -2.53. The molecule has 2 N–H and O–H groups in total. The fourth-order valence-electron chi connectivity index (χ4n) is 2.13. The summed E-state index contributed by atoms with van der Waals surface area (Å²) in [6.45, 7) is 8.72. The molecule has 1 atom stereocenters. The molecule has 1 saturated heterocycles. The highest BCUT2D eigenvalue weighted by Gasteiger charge is 2.34. The second kappa shape index (κ2) is 6.13. The van der Waals surface area contributed by atoms with Gasteiger partial charge >= 0.3 is 0 Å². The van der Waals surface area contributed by atoms with Gasteiger partial charge in [-0.3, -0.25) is 0 Å². The number of hydrogen-bond acceptors (Lipinski definition) is 3. The molecule has 0 aromatic rings. The van der Waals surface area contributed by atoms with Gasteiger partial charge in [0, 0.05) is 25.2 Å². The van der Waals surface area contributed by atoms with Crippen LogP contribution in [0.4, 0.5) is 0 Å². The first-order valence-corrected chi connectivity index (χ1v) is 7.87. The molecule has 0 spiro atoms. The van der Waals surface area contributed by atoms with Crippen molar-refractivity contribution in [3.8, 4) is 0 Å². The molecule has 0 radical (unpaired) electrons. The van der Waals surface area contributed by atoms with Crippen LogP contribution in [0.5, 0.6) is 0 Å². The predicted molar refractivity (Wildman–Crippen MR) is 70.1 cm³/mol. The molecule has 0 aromatic heterocycles. The van der Waals surface area contributed by atoms with Gasteiger partial charge in [-0.2, -0.15) is 17.4 Å². The molecule has 0 saturated carbocycles. The topological polar surface area (TPSA) is 61.4 Å². The molecule has 6 heteroatoms. The zero-order valence-corrected chi connectivity index (χ0v) is 11.9. The van der Waals surface area contributed by atoms with Crippen molar-refractivity contribution < 1.29 is 8.42 Å². The molecule has 0 bridgehead atoms. The van der Waals surface area contributed by atoms with E-state index in [9.17, 15) is 8.42 Å². The number of nitrogens with zero attached hydrogens (tertiary/aromatic N) is 1. The summed E-state index contributed by atoms with van der Waals surface area (Å²) in [5.41, 5.74) is -0.335. The minimum atomic E-state index is -3.35. The van der Waals surface area contributed by atoms with E-state index < -0.39 is 10.2 Å². The third-order valence-corrected chi connectivity index (χ3v) is 4.83. The maximum absolute atomic E-state index is 12.3. The highest BCUT2D eigenvalue weighted by Crippen LogP contribution is 2.16. The van der Waals surface area contributed by atoms with Crippen LogP contribution in [0.15, 0.2) is 0 Å². The van der Waals surface area contributed by atoms with Crippen LogP contribution in [0.1, 0.15) is 40.0 Å². The fourth-order valence-corrected chi connectivity index (χ4v) is 3.90. The first-order valence-electron chi connectivity index (χ1n) is 6.43. The molecule has 1 fully saturated rings. The lowest BCUT2D eigenvalue weighted by Gasteiger charge is -2.29. The van der Waals surface area contributed by atoms with E-state index in [0.717, 1.165) is 25.8 Å². The average Bonchev–Trinajstić information content (AvgIpc) is 2.63. The van der Waals surface area contributed by atoms with E-state index in [0.29, 0.717) is 19.6 Å². The highest BCUT2D eigenvalue weighted by molar-refractivity contribution is 7.87. The summed E-state index contributed by atoms with van der Waals surface area (Å²) in [5.74, 6) is 0. The maximum atomic E-state index is 12.3. The Labute approximate surface area is 105 Å². The number of rotatable bonds is 7. The maximum Gasteiger partial charge on any atom is 0.279 e. The smallest absolute Gasteiger partial charge is 0.279 e. The lowest BCUT2D eigenvalue weighted by molar-refractivity contribution is 0.374. The van der Waals surface area contributed by atoms with Crippen LogP contribution in [0, 0.1) is 0 Å². The van der Waals surface area contributed by atoms with Gasteiger partial charge in [-0.05, 0) is 32.7 Å². The summed E-state index contributed by atoms with van der Waals surface area (Å²) >= 11 is 0. The van der Waals surface area contributed by atoms with Gasteiger partial charge in [-0.1, -0.05) is 13.8 Å². The quantitative estimate of drug-likeness (QED) is 0.710. The molecule has 1 aliphatic rings. The second-order valence-corrected chi connectivity index (χ2v) is 6.66.